The van der Waals surface area contributed by atoms with E-state index in [0.717, 1.165) is 34.5 Å². The first-order valence-corrected chi connectivity index (χ1v) is 11.3. The molecular weight excluding hydrogens is 442 g/mol. The molecule has 0 amide bonds. The van der Waals surface area contributed by atoms with Crippen molar-refractivity contribution in [2.45, 2.75) is 32.1 Å². The molecule has 10 heteroatoms. The smallest absolute Gasteiger partial charge is 0.340 e. The van der Waals surface area contributed by atoms with Crippen molar-refractivity contribution in [3.05, 3.63) is 49.2 Å². The highest BCUT2D eigenvalue weighted by atomic mass is 16.7. The lowest BCUT2D eigenvalue weighted by molar-refractivity contribution is -0.157. The standard InChI is InChI=1S/C24H27N3O7/c1-25-12-31-6-2-3-14-15-4-7-32-13-33-8-5-19(15)26-21-17(14)10-27-20(21)9-16-18(23(27)29)11-34-24(30)22(16)28/h4-5,9,22,25,28H,2-3,6-8,10-13H2,1H3/b15-4-,19-5+. The normalized spacial score (nSPS) is 20.8. The average molecular weight is 469 g/mol. The lowest BCUT2D eigenvalue weighted by atomic mass is 9.97. The van der Waals surface area contributed by atoms with E-state index in [-0.39, 0.29) is 19.0 Å². The van der Waals surface area contributed by atoms with E-state index in [0.29, 0.717) is 55.6 Å². The molecule has 0 bridgehead atoms. The number of fused-ring (bicyclic) bond motifs is 5. The molecule has 0 spiro atoms. The fourth-order valence-corrected chi connectivity index (χ4v) is 4.68. The number of aliphatic hydroxyl groups excluding tert-OH is 1. The first-order valence-electron chi connectivity index (χ1n) is 11.3. The number of hydrogen-bond donors (Lipinski definition) is 2. The topological polar surface area (TPSA) is 121 Å². The fourth-order valence-electron chi connectivity index (χ4n) is 4.68. The van der Waals surface area contributed by atoms with Gasteiger partial charge in [-0.3, -0.25) is 10.1 Å². The van der Waals surface area contributed by atoms with Crippen LogP contribution in [0.5, 0.6) is 0 Å². The van der Waals surface area contributed by atoms with Crippen LogP contribution in [0.1, 0.15) is 34.8 Å². The maximum absolute atomic E-state index is 13.3. The monoisotopic (exact) mass is 469 g/mol. The first-order chi connectivity index (χ1) is 16.6. The molecule has 180 valence electrons. The van der Waals surface area contributed by atoms with Gasteiger partial charge in [-0.1, -0.05) is 0 Å². The van der Waals surface area contributed by atoms with Crippen molar-refractivity contribution in [3.8, 4) is 11.4 Å². The third-order valence-electron chi connectivity index (χ3n) is 6.28. The molecule has 5 heterocycles. The summed E-state index contributed by atoms with van der Waals surface area (Å²) in [4.78, 5) is 30.1. The van der Waals surface area contributed by atoms with Gasteiger partial charge in [0.15, 0.2) is 6.10 Å². The maximum atomic E-state index is 13.3. The van der Waals surface area contributed by atoms with E-state index in [2.05, 4.69) is 5.32 Å². The van der Waals surface area contributed by atoms with Crippen LogP contribution < -0.4 is 21.4 Å². The number of rotatable bonds is 6. The summed E-state index contributed by atoms with van der Waals surface area (Å²) in [6.07, 6.45) is 3.96. The lowest BCUT2D eigenvalue weighted by Gasteiger charge is -2.21. The van der Waals surface area contributed by atoms with Crippen molar-refractivity contribution in [2.75, 3.05) is 40.4 Å². The van der Waals surface area contributed by atoms with E-state index in [1.165, 1.54) is 0 Å². The van der Waals surface area contributed by atoms with E-state index >= 15 is 0 Å². The van der Waals surface area contributed by atoms with Crippen molar-refractivity contribution >= 4 is 18.1 Å². The highest BCUT2D eigenvalue weighted by Crippen LogP contribution is 2.34. The lowest BCUT2D eigenvalue weighted by Crippen LogP contribution is -2.34. The molecule has 10 nitrogen and oxygen atoms in total. The van der Waals surface area contributed by atoms with Crippen molar-refractivity contribution in [1.82, 2.24) is 14.9 Å². The van der Waals surface area contributed by atoms with Gasteiger partial charge in [0.1, 0.15) is 13.4 Å². The van der Waals surface area contributed by atoms with Gasteiger partial charge in [-0.15, -0.1) is 0 Å². The number of aromatic nitrogens is 2. The summed E-state index contributed by atoms with van der Waals surface area (Å²) in [5.74, 6) is -0.750. The van der Waals surface area contributed by atoms with Crippen molar-refractivity contribution < 1.29 is 28.8 Å². The van der Waals surface area contributed by atoms with E-state index in [1.807, 2.05) is 19.2 Å². The number of aliphatic hydroxyl groups is 1. The van der Waals surface area contributed by atoms with Gasteiger partial charge in [0.25, 0.3) is 5.56 Å². The Kier molecular flexibility index (Phi) is 6.57. The number of nitrogens with one attached hydrogen (secondary N) is 1. The zero-order valence-electron chi connectivity index (χ0n) is 19.0. The molecule has 0 aromatic carbocycles. The quantitative estimate of drug-likeness (QED) is 0.267. The number of pyridine rings is 2. The molecule has 0 radical (unpaired) electrons. The van der Waals surface area contributed by atoms with Gasteiger partial charge in [-0.2, -0.15) is 0 Å². The van der Waals surface area contributed by atoms with Crippen LogP contribution in [0.2, 0.25) is 0 Å². The van der Waals surface area contributed by atoms with E-state index in [1.54, 1.807) is 10.6 Å². The Morgan fingerprint density at radius 2 is 2.06 bits per heavy atom. The Labute approximate surface area is 195 Å². The summed E-state index contributed by atoms with van der Waals surface area (Å²) >= 11 is 0. The number of carbonyl (C=O) groups is 1. The Hall–Kier alpha value is -2.89. The van der Waals surface area contributed by atoms with Crippen LogP contribution >= 0.6 is 0 Å². The minimum Gasteiger partial charge on any atom is -0.458 e. The number of carbonyl (C=O) groups excluding carboxylic acids is 1. The summed E-state index contributed by atoms with van der Waals surface area (Å²) in [6, 6.07) is 1.70. The van der Waals surface area contributed by atoms with Gasteiger partial charge in [-0.25, -0.2) is 9.78 Å². The molecular formula is C24H27N3O7. The molecule has 3 aliphatic rings. The van der Waals surface area contributed by atoms with Crippen LogP contribution in [0.15, 0.2) is 10.9 Å². The Morgan fingerprint density at radius 3 is 2.88 bits per heavy atom. The zero-order valence-corrected chi connectivity index (χ0v) is 19.0. The number of cyclic esters (lactones) is 1. The Morgan fingerprint density at radius 1 is 1.24 bits per heavy atom. The number of hydrogen-bond acceptors (Lipinski definition) is 9. The van der Waals surface area contributed by atoms with Crippen LogP contribution in [0, 0.1) is 0 Å². The van der Waals surface area contributed by atoms with Gasteiger partial charge < -0.3 is 28.6 Å². The Bertz CT molecular complexity index is 1300. The van der Waals surface area contributed by atoms with Gasteiger partial charge in [0.05, 0.1) is 48.8 Å². The largest absolute Gasteiger partial charge is 0.458 e. The van der Waals surface area contributed by atoms with E-state index in [9.17, 15) is 14.7 Å². The second-order valence-corrected chi connectivity index (χ2v) is 8.36. The number of nitrogens with zero attached hydrogens (tertiary/aromatic N) is 2. The van der Waals surface area contributed by atoms with Crippen LogP contribution in [-0.4, -0.2) is 61.0 Å². The van der Waals surface area contributed by atoms with Crippen molar-refractivity contribution in [2.24, 2.45) is 0 Å². The summed E-state index contributed by atoms with van der Waals surface area (Å²) in [7, 11) is 1.83. The minimum absolute atomic E-state index is 0.142. The second-order valence-electron chi connectivity index (χ2n) is 8.36. The molecule has 0 aliphatic carbocycles. The molecule has 5 rings (SSSR count). The molecule has 2 N–H and O–H groups in total. The Balaban J connectivity index is 1.66. The van der Waals surface area contributed by atoms with Gasteiger partial charge >= 0.3 is 5.97 Å². The maximum Gasteiger partial charge on any atom is 0.340 e. The molecule has 1 unspecified atom stereocenters. The molecule has 3 aliphatic heterocycles. The molecule has 1 atom stereocenters. The summed E-state index contributed by atoms with van der Waals surface area (Å²) < 4.78 is 23.2. The van der Waals surface area contributed by atoms with Crippen molar-refractivity contribution in [1.29, 1.82) is 0 Å². The zero-order chi connectivity index (χ0) is 23.7. The molecule has 0 fully saturated rings. The summed E-state index contributed by atoms with van der Waals surface area (Å²) in [6.45, 7) is 2.22. The van der Waals surface area contributed by atoms with Gasteiger partial charge in [-0.05, 0) is 43.7 Å². The third-order valence-corrected chi connectivity index (χ3v) is 6.28. The third kappa shape index (κ3) is 4.08. The minimum atomic E-state index is -1.48. The van der Waals surface area contributed by atoms with E-state index in [4.69, 9.17) is 23.9 Å². The van der Waals surface area contributed by atoms with Crippen LogP contribution in [0.25, 0.3) is 23.5 Å². The molecule has 2 aromatic heterocycles. The molecule has 34 heavy (non-hydrogen) atoms. The first kappa shape index (κ1) is 22.9. The van der Waals surface area contributed by atoms with Crippen LogP contribution in [-0.2, 0) is 43.3 Å². The SMILES string of the molecule is CNCOCCCc1c2c(nc3/c1=C\COCOC\C=3)-c1cc3c(c(=O)n1C2)COC(=O)C3O. The van der Waals surface area contributed by atoms with Gasteiger partial charge in [0, 0.05) is 23.0 Å². The second kappa shape index (κ2) is 9.77. The predicted molar refractivity (Wildman–Crippen MR) is 121 cm³/mol. The molecule has 2 aromatic rings. The van der Waals surface area contributed by atoms with E-state index < -0.39 is 12.1 Å². The predicted octanol–water partition coefficient (Wildman–Crippen LogP) is -0.946. The van der Waals surface area contributed by atoms with Crippen LogP contribution in [0.3, 0.4) is 0 Å². The number of esters is 1. The van der Waals surface area contributed by atoms with Crippen molar-refractivity contribution in [3.63, 3.8) is 0 Å². The number of ether oxygens (including phenoxy) is 4. The average Bonchev–Trinajstić information content (AvgIpc) is 3.25. The fraction of sp³-hybridized carbons (Fsp3) is 0.458. The van der Waals surface area contributed by atoms with Crippen LogP contribution in [0.4, 0.5) is 0 Å². The highest BCUT2D eigenvalue weighted by Gasteiger charge is 2.34. The molecule has 0 saturated carbocycles. The highest BCUT2D eigenvalue weighted by molar-refractivity contribution is 5.79. The summed E-state index contributed by atoms with van der Waals surface area (Å²) in [5, 5.41) is 15.1. The summed E-state index contributed by atoms with van der Waals surface area (Å²) in [5.41, 5.74) is 3.64. The molecule has 0 saturated heterocycles. The van der Waals surface area contributed by atoms with Gasteiger partial charge in [0.2, 0.25) is 0 Å².